The Balaban J connectivity index is 1.94. The minimum absolute atomic E-state index is 0.195. The topological polar surface area (TPSA) is 39.2 Å². The number of benzene rings is 1. The van der Waals surface area contributed by atoms with E-state index in [0.29, 0.717) is 12.5 Å². The summed E-state index contributed by atoms with van der Waals surface area (Å²) in [4.78, 5) is 17.5. The Morgan fingerprint density at radius 1 is 1.45 bits per heavy atom. The van der Waals surface area contributed by atoms with Gasteiger partial charge < -0.3 is 4.74 Å². The highest BCUT2D eigenvalue weighted by Crippen LogP contribution is 2.41. The zero-order valence-electron chi connectivity index (χ0n) is 11.7. The SMILES string of the molecule is CCOC(=O)Cc1nc2c(s1)CC(C)c1ccccc1-2. The smallest absolute Gasteiger partial charge is 0.312 e. The molecule has 0 fully saturated rings. The van der Waals surface area contributed by atoms with Crippen LogP contribution in [0, 0.1) is 0 Å². The van der Waals surface area contributed by atoms with Gasteiger partial charge in [-0.2, -0.15) is 0 Å². The minimum Gasteiger partial charge on any atom is -0.466 e. The van der Waals surface area contributed by atoms with Crippen molar-refractivity contribution in [3.63, 3.8) is 0 Å². The molecule has 104 valence electrons. The maximum absolute atomic E-state index is 11.6. The molecule has 3 nitrogen and oxygen atoms in total. The molecule has 0 amide bonds. The van der Waals surface area contributed by atoms with Gasteiger partial charge in [-0.15, -0.1) is 11.3 Å². The Kier molecular flexibility index (Phi) is 3.57. The number of aromatic nitrogens is 1. The van der Waals surface area contributed by atoms with E-state index in [2.05, 4.69) is 30.1 Å². The van der Waals surface area contributed by atoms with Crippen LogP contribution in [0.3, 0.4) is 0 Å². The van der Waals surface area contributed by atoms with Crippen molar-refractivity contribution in [3.05, 3.63) is 39.7 Å². The van der Waals surface area contributed by atoms with Crippen LogP contribution in [-0.4, -0.2) is 17.6 Å². The highest BCUT2D eigenvalue weighted by Gasteiger charge is 2.25. The van der Waals surface area contributed by atoms with Gasteiger partial charge in [0.15, 0.2) is 0 Å². The van der Waals surface area contributed by atoms with Crippen LogP contribution in [0.4, 0.5) is 0 Å². The molecular weight excluding hydrogens is 270 g/mol. The number of hydrogen-bond acceptors (Lipinski definition) is 4. The summed E-state index contributed by atoms with van der Waals surface area (Å²) >= 11 is 1.64. The van der Waals surface area contributed by atoms with Gasteiger partial charge >= 0.3 is 5.97 Å². The lowest BCUT2D eigenvalue weighted by atomic mass is 9.86. The third-order valence-electron chi connectivity index (χ3n) is 3.58. The second kappa shape index (κ2) is 5.37. The number of esters is 1. The van der Waals surface area contributed by atoms with Crippen molar-refractivity contribution >= 4 is 17.3 Å². The number of nitrogens with zero attached hydrogens (tertiary/aromatic N) is 1. The van der Waals surface area contributed by atoms with Gasteiger partial charge in [0.05, 0.1) is 18.7 Å². The Morgan fingerprint density at radius 2 is 2.25 bits per heavy atom. The van der Waals surface area contributed by atoms with Crippen LogP contribution in [0.15, 0.2) is 24.3 Å². The second-order valence-corrected chi connectivity index (χ2v) is 6.22. The number of carbonyl (C=O) groups excluding carboxylic acids is 1. The summed E-state index contributed by atoms with van der Waals surface area (Å²) in [7, 11) is 0. The summed E-state index contributed by atoms with van der Waals surface area (Å²) < 4.78 is 5.00. The molecule has 1 aliphatic carbocycles. The molecule has 3 rings (SSSR count). The highest BCUT2D eigenvalue weighted by molar-refractivity contribution is 7.12. The van der Waals surface area contributed by atoms with E-state index >= 15 is 0 Å². The number of hydrogen-bond donors (Lipinski definition) is 0. The molecule has 1 heterocycles. The van der Waals surface area contributed by atoms with Gasteiger partial charge in [-0.1, -0.05) is 31.2 Å². The zero-order chi connectivity index (χ0) is 14.1. The van der Waals surface area contributed by atoms with Crippen molar-refractivity contribution in [2.45, 2.75) is 32.6 Å². The van der Waals surface area contributed by atoms with E-state index in [1.807, 2.05) is 13.0 Å². The van der Waals surface area contributed by atoms with Crippen LogP contribution in [0.1, 0.15) is 35.2 Å². The van der Waals surface area contributed by atoms with Crippen LogP contribution in [0.25, 0.3) is 11.3 Å². The average molecular weight is 287 g/mol. The number of thiazole rings is 1. The van der Waals surface area contributed by atoms with Crippen molar-refractivity contribution < 1.29 is 9.53 Å². The monoisotopic (exact) mass is 287 g/mol. The van der Waals surface area contributed by atoms with Crippen LogP contribution < -0.4 is 0 Å². The molecule has 1 aromatic heterocycles. The van der Waals surface area contributed by atoms with Crippen LogP contribution in [0.2, 0.25) is 0 Å². The van der Waals surface area contributed by atoms with E-state index in [1.54, 1.807) is 11.3 Å². The molecule has 0 N–H and O–H groups in total. The van der Waals surface area contributed by atoms with E-state index in [0.717, 1.165) is 17.1 Å². The highest BCUT2D eigenvalue weighted by atomic mass is 32.1. The van der Waals surface area contributed by atoms with Crippen LogP contribution >= 0.6 is 11.3 Å². The Hall–Kier alpha value is -1.68. The maximum atomic E-state index is 11.6. The molecule has 1 aromatic carbocycles. The molecule has 0 aliphatic heterocycles. The largest absolute Gasteiger partial charge is 0.466 e. The molecule has 0 radical (unpaired) electrons. The normalized spacial score (nSPS) is 16.4. The van der Waals surface area contributed by atoms with Gasteiger partial charge in [-0.3, -0.25) is 4.79 Å². The number of carbonyl (C=O) groups is 1. The van der Waals surface area contributed by atoms with Crippen LogP contribution in [-0.2, 0) is 22.4 Å². The number of ether oxygens (including phenoxy) is 1. The standard InChI is InChI=1S/C16H17NO2S/c1-3-19-15(18)9-14-17-16-12-7-5-4-6-11(12)10(2)8-13(16)20-14/h4-7,10H,3,8-9H2,1-2H3. The van der Waals surface area contributed by atoms with Crippen molar-refractivity contribution in [2.24, 2.45) is 0 Å². The van der Waals surface area contributed by atoms with Gasteiger partial charge in [-0.05, 0) is 24.8 Å². The Labute approximate surface area is 122 Å². The van der Waals surface area contributed by atoms with E-state index in [9.17, 15) is 4.79 Å². The molecule has 0 saturated heterocycles. The summed E-state index contributed by atoms with van der Waals surface area (Å²) in [5.74, 6) is 0.314. The summed E-state index contributed by atoms with van der Waals surface area (Å²) in [5, 5.41) is 0.859. The fourth-order valence-corrected chi connectivity index (χ4v) is 3.89. The fourth-order valence-electron chi connectivity index (χ4n) is 2.69. The molecule has 0 bridgehead atoms. The molecule has 20 heavy (non-hydrogen) atoms. The first-order chi connectivity index (χ1) is 9.69. The van der Waals surface area contributed by atoms with Crippen molar-refractivity contribution in [3.8, 4) is 11.3 Å². The van der Waals surface area contributed by atoms with Crippen molar-refractivity contribution in [1.29, 1.82) is 0 Å². The molecule has 2 aromatic rings. The van der Waals surface area contributed by atoms with Gasteiger partial charge in [-0.25, -0.2) is 4.98 Å². The number of rotatable bonds is 3. The molecule has 4 heteroatoms. The molecule has 1 atom stereocenters. The zero-order valence-corrected chi connectivity index (χ0v) is 12.5. The van der Waals surface area contributed by atoms with Crippen molar-refractivity contribution in [2.75, 3.05) is 6.61 Å². The lowest BCUT2D eigenvalue weighted by molar-refractivity contribution is -0.142. The Bertz CT molecular complexity index is 648. The van der Waals surface area contributed by atoms with E-state index in [-0.39, 0.29) is 12.4 Å². The lowest BCUT2D eigenvalue weighted by Gasteiger charge is -2.21. The average Bonchev–Trinajstić information content (AvgIpc) is 2.82. The first-order valence-corrected chi connectivity index (χ1v) is 7.74. The summed E-state index contributed by atoms with van der Waals surface area (Å²) in [6.45, 7) is 4.49. The van der Waals surface area contributed by atoms with Gasteiger partial charge in [0.2, 0.25) is 0 Å². The van der Waals surface area contributed by atoms with Gasteiger partial charge in [0, 0.05) is 10.4 Å². The van der Waals surface area contributed by atoms with E-state index < -0.39 is 0 Å². The predicted octanol–water partition coefficient (Wildman–Crippen LogP) is 3.58. The summed E-state index contributed by atoms with van der Waals surface area (Å²) in [5.41, 5.74) is 3.63. The lowest BCUT2D eigenvalue weighted by Crippen LogP contribution is -2.07. The van der Waals surface area contributed by atoms with Gasteiger partial charge in [0.1, 0.15) is 5.01 Å². The fraction of sp³-hybridized carbons (Fsp3) is 0.375. The quantitative estimate of drug-likeness (QED) is 0.810. The third kappa shape index (κ3) is 2.36. The first-order valence-electron chi connectivity index (χ1n) is 6.92. The number of fused-ring (bicyclic) bond motifs is 3. The second-order valence-electron chi connectivity index (χ2n) is 5.05. The predicted molar refractivity (Wildman–Crippen MR) is 80.0 cm³/mol. The van der Waals surface area contributed by atoms with Crippen LogP contribution in [0.5, 0.6) is 0 Å². The molecule has 0 saturated carbocycles. The van der Waals surface area contributed by atoms with E-state index in [1.165, 1.54) is 16.0 Å². The first kappa shape index (κ1) is 13.3. The van der Waals surface area contributed by atoms with E-state index in [4.69, 9.17) is 4.74 Å². The molecule has 1 aliphatic rings. The third-order valence-corrected chi connectivity index (χ3v) is 4.66. The molecular formula is C16H17NO2S. The maximum Gasteiger partial charge on any atom is 0.312 e. The van der Waals surface area contributed by atoms with Gasteiger partial charge in [0.25, 0.3) is 0 Å². The summed E-state index contributed by atoms with van der Waals surface area (Å²) in [6.07, 6.45) is 1.29. The Morgan fingerprint density at radius 3 is 3.05 bits per heavy atom. The van der Waals surface area contributed by atoms with Crippen molar-refractivity contribution in [1.82, 2.24) is 4.98 Å². The molecule has 0 spiro atoms. The summed E-state index contributed by atoms with van der Waals surface area (Å²) in [6, 6.07) is 8.42. The minimum atomic E-state index is -0.195. The molecule has 1 unspecified atom stereocenters.